The zero-order chi connectivity index (χ0) is 73.8. The van der Waals surface area contributed by atoms with Crippen molar-refractivity contribution >= 4 is 0 Å². The summed E-state index contributed by atoms with van der Waals surface area (Å²) in [6, 6.07) is -11.8. The Morgan fingerprint density at radius 1 is 0.222 bits per heavy atom. The molecule has 0 aromatic carbocycles. The Morgan fingerprint density at radius 2 is 0.404 bits per heavy atom. The number of rotatable bonds is 18. The van der Waals surface area contributed by atoms with E-state index in [1.54, 1.807) is 0 Å². The molecule has 6 heterocycles. The molecule has 9 fully saturated rings. The molecule has 0 aromatic rings. The third kappa shape index (κ3) is 18.6. The molecule has 3 saturated carbocycles. The maximum absolute atomic E-state index is 11.0. The second-order valence-electron chi connectivity index (χ2n) is 26.6. The summed E-state index contributed by atoms with van der Waals surface area (Å²) in [4.78, 5) is 0. The van der Waals surface area contributed by atoms with Crippen molar-refractivity contribution in [3.8, 4) is 0 Å². The molecule has 6 aliphatic heterocycles. The summed E-state index contributed by atoms with van der Waals surface area (Å²) >= 11 is 0. The first-order valence-electron chi connectivity index (χ1n) is 32.6. The van der Waals surface area contributed by atoms with Crippen LogP contribution in [0.5, 0.6) is 0 Å². The third-order valence-electron chi connectivity index (χ3n) is 19.7. The van der Waals surface area contributed by atoms with E-state index in [0.29, 0.717) is 0 Å². The number of aliphatic hydroxyl groups excluding tert-OH is 18. The monoisotopic (exact) mass is 1450 g/mol. The normalized spacial score (nSPS) is 53.7. The molecule has 45 heteroatoms. The number of ether oxygens (including phenoxy) is 12. The highest BCUT2D eigenvalue weighted by Crippen LogP contribution is 2.36. The highest BCUT2D eigenvalue weighted by molar-refractivity contribution is 5.06. The minimum atomic E-state index is -1.48. The SMILES string of the molecule is NC[C@H]1O[C@H](O[C@H]2[C@H](O)[C@@H](O[C@H]3O[C@H](CO)[C@@H](O)[C@H](N)[C@H]3O)[C@H](N)C[C@@H]2N)[C@H](N)[C@@H](O)[C@@H]1O.NC[C@H]1O[C@H](O[C@H]2[C@H](O)[C@@H](O[C@H]3O[C@H](CO)[C@@H](O)[C@H](N)[C@H]3O)[C@H](N)C[C@@H]2N)[C@H](N)[C@@H](O)[C@@H]1O.NC[C@H]1O[C@H](O[C@H]2[C@H](O)[C@@H](O[C@H]3O[C@H](CO)[C@@H](O)[C@H](N)[C@H]3O)[C@H](N)C[C@@H]2N)[C@H](N)[C@@H](O)[C@@H]1O. The van der Waals surface area contributed by atoms with Crippen LogP contribution in [0.1, 0.15) is 19.3 Å². The van der Waals surface area contributed by atoms with Gasteiger partial charge >= 0.3 is 0 Å². The molecule has 45 nitrogen and oxygen atoms in total. The Kier molecular flexibility index (Phi) is 31.3. The van der Waals surface area contributed by atoms with Gasteiger partial charge in [-0.1, -0.05) is 0 Å². The lowest BCUT2D eigenvalue weighted by Gasteiger charge is -2.48. The van der Waals surface area contributed by atoms with Crippen LogP contribution in [0.3, 0.4) is 0 Å². The molecule has 45 atom stereocenters. The molecule has 0 bridgehead atoms. The van der Waals surface area contributed by atoms with Crippen molar-refractivity contribution in [1.29, 1.82) is 0 Å². The molecular weight excluding hydrogens is 1340 g/mol. The van der Waals surface area contributed by atoms with Gasteiger partial charge in [0.2, 0.25) is 0 Å². The van der Waals surface area contributed by atoms with Gasteiger partial charge in [0, 0.05) is 55.9 Å². The van der Waals surface area contributed by atoms with E-state index < -0.39 is 295 Å². The van der Waals surface area contributed by atoms with E-state index in [-0.39, 0.29) is 38.9 Å². The summed E-state index contributed by atoms with van der Waals surface area (Å²) in [5, 5.41) is 183. The third-order valence-corrected chi connectivity index (χ3v) is 19.7. The minimum absolute atomic E-state index is 0.115. The number of hydrogen-bond acceptors (Lipinski definition) is 45. The fraction of sp³-hybridized carbons (Fsp3) is 1.00. The van der Waals surface area contributed by atoms with Crippen molar-refractivity contribution in [2.45, 2.75) is 294 Å². The molecule has 6 saturated heterocycles. The van der Waals surface area contributed by atoms with Crippen LogP contribution in [0.2, 0.25) is 0 Å². The van der Waals surface area contributed by atoms with E-state index in [0.717, 1.165) is 0 Å². The van der Waals surface area contributed by atoms with Gasteiger partial charge in [-0.2, -0.15) is 0 Å². The molecule has 0 radical (unpaired) electrons. The molecule has 9 aliphatic rings. The predicted octanol–water partition coefficient (Wildman–Crippen LogP) is -22.0. The van der Waals surface area contributed by atoms with E-state index >= 15 is 0 Å². The van der Waals surface area contributed by atoms with Crippen LogP contribution in [0.4, 0.5) is 0 Å². The van der Waals surface area contributed by atoms with Crippen LogP contribution in [0.25, 0.3) is 0 Å². The molecule has 0 amide bonds. The van der Waals surface area contributed by atoms with Gasteiger partial charge in [-0.25, -0.2) is 0 Å². The average molecular weight is 1450 g/mol. The fourth-order valence-electron chi connectivity index (χ4n) is 13.3. The minimum Gasteiger partial charge on any atom is -0.394 e. The van der Waals surface area contributed by atoms with Crippen LogP contribution in [-0.2, 0) is 56.8 Å². The summed E-state index contributed by atoms with van der Waals surface area (Å²) in [5.41, 5.74) is 88.7. The quantitative estimate of drug-likeness (QED) is 0.0606. The first-order valence-corrected chi connectivity index (χ1v) is 32.6. The molecule has 3 aliphatic carbocycles. The molecule has 48 N–H and O–H groups in total. The molecule has 99 heavy (non-hydrogen) atoms. The van der Waals surface area contributed by atoms with Gasteiger partial charge in [0.15, 0.2) is 37.7 Å². The summed E-state index contributed by atoms with van der Waals surface area (Å²) in [6.07, 6.45) is -41.6. The maximum Gasteiger partial charge on any atom is 0.186 e. The zero-order valence-electron chi connectivity index (χ0n) is 54.0. The van der Waals surface area contributed by atoms with E-state index in [2.05, 4.69) is 0 Å². The standard InChI is InChI=1S/3C18H37N5O10/c3*19-2-6-11(26)12(27)9(23)17(30-6)32-15-4(20)1-5(21)16(14(15)29)33-18-13(28)8(22)10(25)7(3-24)31-18/h3*4-18,24-29H,1-3,19-23H2/t3*4-,5+,6+,7+,8-,9+,10+,11+,12+,13+,14-,15+,16-,17+,18+/m000/s1. The second-order valence-corrected chi connectivity index (χ2v) is 26.6. The Morgan fingerprint density at radius 3 is 0.586 bits per heavy atom. The highest BCUT2D eigenvalue weighted by atomic mass is 16.7. The van der Waals surface area contributed by atoms with Crippen molar-refractivity contribution in [2.24, 2.45) is 86.0 Å². The van der Waals surface area contributed by atoms with Crippen LogP contribution < -0.4 is 86.0 Å². The predicted molar refractivity (Wildman–Crippen MR) is 329 cm³/mol. The molecule has 582 valence electrons. The van der Waals surface area contributed by atoms with Gasteiger partial charge in [0.25, 0.3) is 0 Å². The Hall–Kier alpha value is -1.80. The molecule has 0 unspecified atom stereocenters. The highest BCUT2D eigenvalue weighted by Gasteiger charge is 2.56. The Bertz CT molecular complexity index is 2000. The topological polar surface area (TPSA) is 865 Å². The van der Waals surface area contributed by atoms with Gasteiger partial charge in [-0.3, -0.25) is 0 Å². The van der Waals surface area contributed by atoms with E-state index in [1.807, 2.05) is 0 Å². The maximum atomic E-state index is 11.0. The number of nitrogens with two attached hydrogens (primary N) is 15. The van der Waals surface area contributed by atoms with E-state index in [4.69, 9.17) is 143 Å². The summed E-state index contributed by atoms with van der Waals surface area (Å²) in [6.45, 7) is -2.08. The lowest BCUT2D eigenvalue weighted by molar-refractivity contribution is -0.318. The van der Waals surface area contributed by atoms with Gasteiger partial charge < -0.3 is 235 Å². The van der Waals surface area contributed by atoms with Gasteiger partial charge in [-0.05, 0) is 19.3 Å². The van der Waals surface area contributed by atoms with Crippen molar-refractivity contribution in [3.05, 3.63) is 0 Å². The van der Waals surface area contributed by atoms with E-state index in [1.165, 1.54) is 0 Å². The largest absolute Gasteiger partial charge is 0.394 e. The van der Waals surface area contributed by atoms with Crippen LogP contribution in [0.15, 0.2) is 0 Å². The first kappa shape index (κ1) is 84.5. The second kappa shape index (κ2) is 36.7. The smallest absolute Gasteiger partial charge is 0.186 e. The first-order chi connectivity index (χ1) is 46.5. The summed E-state index contributed by atoms with van der Waals surface area (Å²) in [7, 11) is 0. The van der Waals surface area contributed by atoms with Crippen molar-refractivity contribution < 1.29 is 149 Å². The molecule has 9 rings (SSSR count). The van der Waals surface area contributed by atoms with Crippen molar-refractivity contribution in [1.82, 2.24) is 0 Å². The summed E-state index contributed by atoms with van der Waals surface area (Å²) < 4.78 is 67.5. The van der Waals surface area contributed by atoms with E-state index in [9.17, 15) is 91.9 Å². The Labute approximate surface area is 567 Å². The van der Waals surface area contributed by atoms with Crippen molar-refractivity contribution in [2.75, 3.05) is 39.5 Å². The van der Waals surface area contributed by atoms with Crippen LogP contribution in [-0.4, -0.2) is 406 Å². The number of aliphatic hydroxyl groups is 18. The van der Waals surface area contributed by atoms with Crippen molar-refractivity contribution in [3.63, 3.8) is 0 Å². The van der Waals surface area contributed by atoms with Crippen LogP contribution >= 0.6 is 0 Å². The van der Waals surface area contributed by atoms with Crippen LogP contribution in [0, 0.1) is 0 Å². The van der Waals surface area contributed by atoms with Gasteiger partial charge in [0.1, 0.15) is 165 Å². The molecular formula is C54H111N15O30. The summed E-state index contributed by atoms with van der Waals surface area (Å²) in [5.74, 6) is 0. The molecule has 0 aromatic heterocycles. The molecule has 0 spiro atoms. The van der Waals surface area contributed by atoms with Gasteiger partial charge in [0.05, 0.1) is 56.1 Å². The number of hydrogen-bond donors (Lipinski definition) is 33. The average Bonchev–Trinajstić information content (AvgIpc) is 0.780. The Balaban J connectivity index is 0.000000209. The zero-order valence-corrected chi connectivity index (χ0v) is 54.0. The lowest BCUT2D eigenvalue weighted by Crippen LogP contribution is -2.69. The fourth-order valence-corrected chi connectivity index (χ4v) is 13.3. The van der Waals surface area contributed by atoms with Gasteiger partial charge in [-0.15, -0.1) is 0 Å². The lowest BCUT2D eigenvalue weighted by atomic mass is 9.84.